The molecule has 0 aromatic heterocycles. The second kappa shape index (κ2) is 4.70. The van der Waals surface area contributed by atoms with E-state index in [0.717, 1.165) is 12.0 Å². The van der Waals surface area contributed by atoms with Crippen molar-refractivity contribution >= 4 is 11.7 Å². The van der Waals surface area contributed by atoms with Crippen LogP contribution in [0.25, 0.3) is 0 Å². The van der Waals surface area contributed by atoms with Crippen LogP contribution in [-0.2, 0) is 4.79 Å². The summed E-state index contributed by atoms with van der Waals surface area (Å²) in [6.45, 7) is 6.30. The molecule has 3 nitrogen and oxygen atoms in total. The molecule has 0 radical (unpaired) electrons. The number of carbonyl (C=O) groups is 1. The van der Waals surface area contributed by atoms with Crippen molar-refractivity contribution in [1.29, 1.82) is 0 Å². The van der Waals surface area contributed by atoms with Gasteiger partial charge in [0.1, 0.15) is 11.9 Å². The summed E-state index contributed by atoms with van der Waals surface area (Å²) < 4.78 is 0. The lowest BCUT2D eigenvalue weighted by atomic mass is 10.0. The van der Waals surface area contributed by atoms with Gasteiger partial charge in [0.05, 0.1) is 0 Å². The van der Waals surface area contributed by atoms with E-state index in [9.17, 15) is 4.79 Å². The summed E-state index contributed by atoms with van der Waals surface area (Å²) in [5, 5.41) is 2.83. The van der Waals surface area contributed by atoms with E-state index < -0.39 is 0 Å². The monoisotopic (exact) mass is 230 g/mol. The third kappa shape index (κ3) is 2.38. The fraction of sp³-hybridized carbons (Fsp3) is 0.429. The van der Waals surface area contributed by atoms with Gasteiger partial charge < -0.3 is 5.32 Å². The smallest absolute Gasteiger partial charge is 0.250 e. The van der Waals surface area contributed by atoms with E-state index in [-0.39, 0.29) is 11.9 Å². The Bertz CT molecular complexity index is 446. The highest BCUT2D eigenvalue weighted by Gasteiger charge is 2.24. The number of benzene rings is 1. The van der Waals surface area contributed by atoms with Crippen LogP contribution in [0, 0.1) is 0 Å². The van der Waals surface area contributed by atoms with Crippen molar-refractivity contribution in [3.05, 3.63) is 35.4 Å². The average Bonchev–Trinajstić information content (AvgIpc) is 2.70. The van der Waals surface area contributed by atoms with Gasteiger partial charge in [0.25, 0.3) is 0 Å². The highest BCUT2D eigenvalue weighted by atomic mass is 16.2. The maximum Gasteiger partial charge on any atom is 0.250 e. The lowest BCUT2D eigenvalue weighted by molar-refractivity contribution is -0.120. The van der Waals surface area contributed by atoms with Crippen molar-refractivity contribution in [3.63, 3.8) is 0 Å². The maximum atomic E-state index is 11.5. The van der Waals surface area contributed by atoms with Gasteiger partial charge in [-0.2, -0.15) is 0 Å². The molecule has 1 N–H and O–H groups in total. The molecule has 0 aliphatic carbocycles. The highest BCUT2D eigenvalue weighted by molar-refractivity contribution is 6.13. The van der Waals surface area contributed by atoms with Gasteiger partial charge in [-0.1, -0.05) is 45.0 Å². The number of nitrogens with one attached hydrogen (secondary N) is 1. The summed E-state index contributed by atoms with van der Waals surface area (Å²) in [6, 6.07) is 8.01. The summed E-state index contributed by atoms with van der Waals surface area (Å²) in [5.74, 6) is 1.24. The zero-order valence-electron chi connectivity index (χ0n) is 10.5. The van der Waals surface area contributed by atoms with Crippen LogP contribution in [0.15, 0.2) is 29.3 Å². The van der Waals surface area contributed by atoms with Crippen LogP contribution < -0.4 is 5.32 Å². The van der Waals surface area contributed by atoms with Gasteiger partial charge in [-0.25, -0.2) is 0 Å². The van der Waals surface area contributed by atoms with Gasteiger partial charge in [0.15, 0.2) is 0 Å². The van der Waals surface area contributed by atoms with E-state index in [1.54, 1.807) is 0 Å². The molecule has 0 saturated carbocycles. The Balaban J connectivity index is 2.21. The number of amides is 1. The predicted molar refractivity (Wildman–Crippen MR) is 69.3 cm³/mol. The lowest BCUT2D eigenvalue weighted by Crippen LogP contribution is -2.28. The number of carbonyl (C=O) groups excluding carboxylic acids is 1. The normalized spacial score (nSPS) is 19.4. The van der Waals surface area contributed by atoms with Gasteiger partial charge in [-0.05, 0) is 17.9 Å². The minimum absolute atomic E-state index is 0.00966. The van der Waals surface area contributed by atoms with Crippen LogP contribution in [-0.4, -0.2) is 17.8 Å². The summed E-state index contributed by atoms with van der Waals surface area (Å²) in [5.41, 5.74) is 2.28. The van der Waals surface area contributed by atoms with Gasteiger partial charge in [0.2, 0.25) is 5.91 Å². The molecule has 0 saturated heterocycles. The van der Waals surface area contributed by atoms with E-state index in [4.69, 9.17) is 0 Å². The van der Waals surface area contributed by atoms with Crippen molar-refractivity contribution in [2.45, 2.75) is 39.2 Å². The number of nitrogens with zero attached hydrogens (tertiary/aromatic N) is 1. The maximum absolute atomic E-state index is 11.5. The fourth-order valence-corrected chi connectivity index (χ4v) is 1.90. The molecule has 1 atom stereocenters. The molecule has 1 unspecified atom stereocenters. The molecule has 1 aromatic rings. The quantitative estimate of drug-likeness (QED) is 0.851. The topological polar surface area (TPSA) is 41.5 Å². The van der Waals surface area contributed by atoms with Gasteiger partial charge >= 0.3 is 0 Å². The highest BCUT2D eigenvalue weighted by Crippen LogP contribution is 2.16. The zero-order valence-corrected chi connectivity index (χ0v) is 10.5. The molecule has 1 aromatic carbocycles. The molecule has 17 heavy (non-hydrogen) atoms. The van der Waals surface area contributed by atoms with E-state index >= 15 is 0 Å². The standard InChI is InChI=1S/C14H18N2O/c1-4-12-14(17)16-13(15-12)11-7-5-10(6-8-11)9(2)3/h5-9,12H,4H2,1-3H3,(H,15,16,17). The predicted octanol–water partition coefficient (Wildman–Crippen LogP) is 2.46. The molecule has 1 amide bonds. The third-order valence-corrected chi connectivity index (χ3v) is 3.07. The number of hydrogen-bond acceptors (Lipinski definition) is 2. The van der Waals surface area contributed by atoms with E-state index in [1.165, 1.54) is 5.56 Å². The fourth-order valence-electron chi connectivity index (χ4n) is 1.90. The minimum Gasteiger partial charge on any atom is -0.309 e. The Kier molecular flexibility index (Phi) is 3.27. The Morgan fingerprint density at radius 3 is 2.41 bits per heavy atom. The van der Waals surface area contributed by atoms with Crippen LogP contribution in [0.4, 0.5) is 0 Å². The van der Waals surface area contributed by atoms with Crippen LogP contribution in [0.2, 0.25) is 0 Å². The average molecular weight is 230 g/mol. The molecule has 1 aliphatic rings. The first-order chi connectivity index (χ1) is 8.11. The summed E-state index contributed by atoms with van der Waals surface area (Å²) in [7, 11) is 0. The largest absolute Gasteiger partial charge is 0.309 e. The molecular weight excluding hydrogens is 212 g/mol. The summed E-state index contributed by atoms with van der Waals surface area (Å²) in [4.78, 5) is 15.9. The second-order valence-corrected chi connectivity index (χ2v) is 4.67. The Labute approximate surface area is 102 Å². The van der Waals surface area contributed by atoms with E-state index in [0.29, 0.717) is 11.8 Å². The lowest BCUT2D eigenvalue weighted by Gasteiger charge is -2.06. The van der Waals surface area contributed by atoms with Crippen LogP contribution in [0.5, 0.6) is 0 Å². The van der Waals surface area contributed by atoms with Crippen molar-refractivity contribution in [1.82, 2.24) is 5.32 Å². The second-order valence-electron chi connectivity index (χ2n) is 4.67. The summed E-state index contributed by atoms with van der Waals surface area (Å²) >= 11 is 0. The van der Waals surface area contributed by atoms with Crippen molar-refractivity contribution in [2.75, 3.05) is 0 Å². The summed E-state index contributed by atoms with van der Waals surface area (Å²) in [6.07, 6.45) is 0.749. The van der Waals surface area contributed by atoms with Gasteiger partial charge in [0, 0.05) is 5.56 Å². The van der Waals surface area contributed by atoms with E-state index in [1.807, 2.05) is 19.1 Å². The SMILES string of the molecule is CCC1N=C(c2ccc(C(C)C)cc2)NC1=O. The Morgan fingerprint density at radius 2 is 1.94 bits per heavy atom. The molecule has 1 aliphatic heterocycles. The Hall–Kier alpha value is -1.64. The first kappa shape index (κ1) is 11.8. The van der Waals surface area contributed by atoms with Gasteiger partial charge in [-0.15, -0.1) is 0 Å². The number of amidine groups is 1. The van der Waals surface area contributed by atoms with Crippen LogP contribution in [0.3, 0.4) is 0 Å². The molecule has 0 bridgehead atoms. The van der Waals surface area contributed by atoms with Gasteiger partial charge in [-0.3, -0.25) is 9.79 Å². The van der Waals surface area contributed by atoms with Crippen LogP contribution in [0.1, 0.15) is 44.2 Å². The molecule has 2 rings (SSSR count). The Morgan fingerprint density at radius 1 is 1.29 bits per heavy atom. The molecule has 0 spiro atoms. The number of hydrogen-bond donors (Lipinski definition) is 1. The van der Waals surface area contributed by atoms with E-state index in [2.05, 4.69) is 36.3 Å². The number of aliphatic imine (C=N–C) groups is 1. The first-order valence-electron chi connectivity index (χ1n) is 6.10. The molecular formula is C14H18N2O. The molecule has 1 heterocycles. The molecule has 0 fully saturated rings. The van der Waals surface area contributed by atoms with Crippen LogP contribution >= 0.6 is 0 Å². The van der Waals surface area contributed by atoms with Crippen molar-refractivity contribution in [2.24, 2.45) is 4.99 Å². The molecule has 90 valence electrons. The molecule has 3 heteroatoms. The number of rotatable bonds is 3. The van der Waals surface area contributed by atoms with Crippen molar-refractivity contribution < 1.29 is 4.79 Å². The first-order valence-corrected chi connectivity index (χ1v) is 6.10. The van der Waals surface area contributed by atoms with Crippen molar-refractivity contribution in [3.8, 4) is 0 Å². The minimum atomic E-state index is -0.213. The zero-order chi connectivity index (χ0) is 12.4. The third-order valence-electron chi connectivity index (χ3n) is 3.07.